The fraction of sp³-hybridized carbons (Fsp3) is 0.440. The predicted octanol–water partition coefficient (Wildman–Crippen LogP) is 6.22. The van der Waals surface area contributed by atoms with Crippen molar-refractivity contribution in [2.45, 2.75) is 58.3 Å². The maximum absolute atomic E-state index is 12.9. The van der Waals surface area contributed by atoms with Crippen molar-refractivity contribution >= 4 is 27.5 Å². The van der Waals surface area contributed by atoms with Gasteiger partial charge in [-0.25, -0.2) is 4.98 Å². The molecule has 2 heterocycles. The summed E-state index contributed by atoms with van der Waals surface area (Å²) in [5.41, 5.74) is 5.57. The molecule has 0 amide bonds. The number of ether oxygens (including phenoxy) is 2. The molecular formula is C25H29NO3S. The second-order valence-corrected chi connectivity index (χ2v) is 9.06. The van der Waals surface area contributed by atoms with E-state index in [9.17, 15) is 4.79 Å². The molecule has 5 heteroatoms. The van der Waals surface area contributed by atoms with Gasteiger partial charge in [0.2, 0.25) is 0 Å². The number of hydrogen-bond donors (Lipinski definition) is 0. The highest BCUT2D eigenvalue weighted by Gasteiger charge is 2.30. The molecule has 30 heavy (non-hydrogen) atoms. The van der Waals surface area contributed by atoms with E-state index in [1.54, 1.807) is 7.11 Å². The lowest BCUT2D eigenvalue weighted by molar-refractivity contribution is -0.142. The van der Waals surface area contributed by atoms with Crippen molar-refractivity contribution in [3.05, 3.63) is 46.0 Å². The molecule has 3 aromatic rings. The fourth-order valence-electron chi connectivity index (χ4n) is 4.73. The van der Waals surface area contributed by atoms with Crippen LogP contribution in [0, 0.1) is 6.92 Å². The molecule has 1 aliphatic carbocycles. The van der Waals surface area contributed by atoms with Crippen LogP contribution < -0.4 is 4.74 Å². The minimum absolute atomic E-state index is 0.186. The van der Waals surface area contributed by atoms with Gasteiger partial charge < -0.3 is 9.47 Å². The third-order valence-electron chi connectivity index (χ3n) is 6.10. The van der Waals surface area contributed by atoms with Crippen LogP contribution in [0.1, 0.15) is 60.2 Å². The maximum atomic E-state index is 12.9. The highest BCUT2D eigenvalue weighted by molar-refractivity contribution is 7.19. The van der Waals surface area contributed by atoms with Gasteiger partial charge in [0.15, 0.2) is 0 Å². The Balaban J connectivity index is 2.09. The van der Waals surface area contributed by atoms with Crippen LogP contribution in [0.15, 0.2) is 24.3 Å². The van der Waals surface area contributed by atoms with Gasteiger partial charge in [0.1, 0.15) is 10.6 Å². The molecule has 0 bridgehead atoms. The molecule has 0 saturated carbocycles. The Labute approximate surface area is 182 Å². The summed E-state index contributed by atoms with van der Waals surface area (Å²) in [6.45, 7) is 4.14. The van der Waals surface area contributed by atoms with Crippen molar-refractivity contribution in [1.82, 2.24) is 4.98 Å². The molecule has 158 valence electrons. The number of aromatic nitrogens is 1. The summed E-state index contributed by atoms with van der Waals surface area (Å²) in [4.78, 5) is 20.4. The normalized spacial score (nSPS) is 14.4. The highest BCUT2D eigenvalue weighted by atomic mass is 32.1. The van der Waals surface area contributed by atoms with E-state index < -0.39 is 0 Å². The molecule has 4 nitrogen and oxygen atoms in total. The van der Waals surface area contributed by atoms with E-state index in [0.29, 0.717) is 0 Å². The Morgan fingerprint density at radius 1 is 1.23 bits per heavy atom. The summed E-state index contributed by atoms with van der Waals surface area (Å²) < 4.78 is 10.8. The van der Waals surface area contributed by atoms with Gasteiger partial charge in [-0.2, -0.15) is 0 Å². The van der Waals surface area contributed by atoms with E-state index in [1.807, 2.05) is 30.4 Å². The monoisotopic (exact) mass is 423 g/mol. The zero-order chi connectivity index (χ0) is 21.3. The first-order chi connectivity index (χ1) is 14.6. The number of carbonyl (C=O) groups is 1. The maximum Gasteiger partial charge on any atom is 0.313 e. The summed E-state index contributed by atoms with van der Waals surface area (Å²) in [6.07, 6.45) is 6.28. The molecule has 4 rings (SSSR count). The van der Waals surface area contributed by atoms with Gasteiger partial charge in [-0.05, 0) is 73.4 Å². The summed E-state index contributed by atoms with van der Waals surface area (Å²) in [7, 11) is 3.16. The first-order valence-electron chi connectivity index (χ1n) is 10.8. The Morgan fingerprint density at radius 2 is 2.03 bits per heavy atom. The van der Waals surface area contributed by atoms with Gasteiger partial charge in [-0.3, -0.25) is 4.79 Å². The molecule has 1 aliphatic rings. The molecule has 0 fully saturated rings. The van der Waals surface area contributed by atoms with Gasteiger partial charge in [-0.15, -0.1) is 11.3 Å². The van der Waals surface area contributed by atoms with Crippen molar-refractivity contribution in [3.63, 3.8) is 0 Å². The van der Waals surface area contributed by atoms with Crippen molar-refractivity contribution in [1.29, 1.82) is 0 Å². The first kappa shape index (κ1) is 20.9. The minimum Gasteiger partial charge on any atom is -0.497 e. The van der Waals surface area contributed by atoms with Crippen molar-refractivity contribution in [2.75, 3.05) is 14.2 Å². The Kier molecular flexibility index (Phi) is 6.09. The lowest BCUT2D eigenvalue weighted by Crippen LogP contribution is -2.17. The number of aryl methyl sites for hydroxylation is 3. The van der Waals surface area contributed by atoms with Crippen LogP contribution in [0.3, 0.4) is 0 Å². The summed E-state index contributed by atoms with van der Waals surface area (Å²) in [6, 6.07) is 8.17. The SMILES string of the molecule is CCCC(C(=O)OC)c1c(C)nc2sc3c(c2c1-c1cccc(OC)c1)CCCC3. The second kappa shape index (κ2) is 8.76. The average Bonchev–Trinajstić information content (AvgIpc) is 3.14. The van der Waals surface area contributed by atoms with Crippen LogP contribution >= 0.6 is 11.3 Å². The molecule has 1 unspecified atom stereocenters. The summed E-state index contributed by atoms with van der Waals surface area (Å²) in [5.74, 6) is 0.307. The van der Waals surface area contributed by atoms with E-state index in [4.69, 9.17) is 14.5 Å². The molecule has 1 atom stereocenters. The number of pyridine rings is 1. The molecular weight excluding hydrogens is 394 g/mol. The van der Waals surface area contributed by atoms with Gasteiger partial charge >= 0.3 is 5.97 Å². The summed E-state index contributed by atoms with van der Waals surface area (Å²) in [5, 5.41) is 1.23. The zero-order valence-electron chi connectivity index (χ0n) is 18.2. The van der Waals surface area contributed by atoms with Crippen LogP contribution in [0.25, 0.3) is 21.3 Å². The largest absolute Gasteiger partial charge is 0.497 e. The number of fused-ring (bicyclic) bond motifs is 3. The molecule has 0 N–H and O–H groups in total. The van der Waals surface area contributed by atoms with Gasteiger partial charge in [0, 0.05) is 16.0 Å². The third kappa shape index (κ3) is 3.60. The van der Waals surface area contributed by atoms with Crippen LogP contribution in [0.4, 0.5) is 0 Å². The van der Waals surface area contributed by atoms with Gasteiger partial charge in [-0.1, -0.05) is 25.5 Å². The van der Waals surface area contributed by atoms with E-state index in [0.717, 1.165) is 58.6 Å². The van der Waals surface area contributed by atoms with Crippen LogP contribution in [-0.2, 0) is 22.4 Å². The number of carbonyl (C=O) groups excluding carboxylic acids is 1. The number of methoxy groups -OCH3 is 2. The molecule has 2 aromatic heterocycles. The minimum atomic E-state index is -0.322. The number of rotatable bonds is 6. The Hall–Kier alpha value is -2.40. The lowest BCUT2D eigenvalue weighted by atomic mass is 9.83. The Bertz CT molecular complexity index is 1090. The van der Waals surface area contributed by atoms with Crippen LogP contribution in [-0.4, -0.2) is 25.2 Å². The van der Waals surface area contributed by atoms with Gasteiger partial charge in [0.25, 0.3) is 0 Å². The third-order valence-corrected chi connectivity index (χ3v) is 7.29. The Morgan fingerprint density at radius 3 is 2.77 bits per heavy atom. The lowest BCUT2D eigenvalue weighted by Gasteiger charge is -2.22. The quantitative estimate of drug-likeness (QED) is 0.442. The number of nitrogens with zero attached hydrogens (tertiary/aromatic N) is 1. The topological polar surface area (TPSA) is 48.4 Å². The standard InChI is InChI=1S/C25H29NO3S/c1-5-9-19(25(27)29-4)21-15(2)26-24-23(18-12-6-7-13-20(18)30-24)22(21)16-10-8-11-17(14-16)28-3/h8,10-11,14,19H,5-7,9,12-13H2,1-4H3. The number of thiophene rings is 1. The molecule has 0 radical (unpaired) electrons. The average molecular weight is 424 g/mol. The molecule has 0 spiro atoms. The highest BCUT2D eigenvalue weighted by Crippen LogP contribution is 2.46. The molecule has 0 aliphatic heterocycles. The van der Waals surface area contributed by atoms with E-state index in [1.165, 1.54) is 35.8 Å². The van der Waals surface area contributed by atoms with E-state index in [2.05, 4.69) is 19.1 Å². The van der Waals surface area contributed by atoms with Crippen LogP contribution in [0.5, 0.6) is 5.75 Å². The van der Waals surface area contributed by atoms with Crippen molar-refractivity contribution in [2.24, 2.45) is 0 Å². The predicted molar refractivity (Wildman–Crippen MR) is 123 cm³/mol. The van der Waals surface area contributed by atoms with E-state index >= 15 is 0 Å². The van der Waals surface area contributed by atoms with Crippen molar-refractivity contribution in [3.8, 4) is 16.9 Å². The zero-order valence-corrected chi connectivity index (χ0v) is 19.0. The molecule has 1 aromatic carbocycles. The molecule has 0 saturated heterocycles. The number of esters is 1. The first-order valence-corrected chi connectivity index (χ1v) is 11.6. The van der Waals surface area contributed by atoms with Crippen molar-refractivity contribution < 1.29 is 14.3 Å². The van der Waals surface area contributed by atoms with Gasteiger partial charge in [0.05, 0.1) is 20.1 Å². The second-order valence-electron chi connectivity index (χ2n) is 7.97. The number of hydrogen-bond acceptors (Lipinski definition) is 5. The fourth-order valence-corrected chi connectivity index (χ4v) is 6.05. The number of benzene rings is 1. The van der Waals surface area contributed by atoms with Crippen LogP contribution in [0.2, 0.25) is 0 Å². The smallest absolute Gasteiger partial charge is 0.313 e. The summed E-state index contributed by atoms with van der Waals surface area (Å²) >= 11 is 1.82. The van der Waals surface area contributed by atoms with E-state index in [-0.39, 0.29) is 11.9 Å².